The average molecular weight is 251 g/mol. The number of rotatable bonds is 1. The Morgan fingerprint density at radius 2 is 1.74 bits per heavy atom. The van der Waals surface area contributed by atoms with Gasteiger partial charge in [-0.3, -0.25) is 0 Å². The summed E-state index contributed by atoms with van der Waals surface area (Å²) in [6, 6.07) is 16.8. The van der Waals surface area contributed by atoms with Crippen LogP contribution >= 0.6 is 0 Å². The largest absolute Gasteiger partial charge is 0.399 e. The standard InChI is InChI=1S/C17H14FN/c1-11-6-7-12-4-2-3-5-14(12)17(11)15-10-13(19)8-9-16(15)18/h2-10H,19H2,1H3. The Labute approximate surface area is 111 Å². The van der Waals surface area contributed by atoms with E-state index in [1.54, 1.807) is 12.1 Å². The van der Waals surface area contributed by atoms with E-state index in [2.05, 4.69) is 6.07 Å². The van der Waals surface area contributed by atoms with Crippen LogP contribution in [0.1, 0.15) is 5.56 Å². The zero-order valence-electron chi connectivity index (χ0n) is 10.7. The van der Waals surface area contributed by atoms with Crippen LogP contribution in [0.3, 0.4) is 0 Å². The quantitative estimate of drug-likeness (QED) is 0.631. The summed E-state index contributed by atoms with van der Waals surface area (Å²) >= 11 is 0. The lowest BCUT2D eigenvalue weighted by Gasteiger charge is -2.12. The SMILES string of the molecule is Cc1ccc2ccccc2c1-c1cc(N)ccc1F. The third kappa shape index (κ3) is 1.95. The lowest BCUT2D eigenvalue weighted by atomic mass is 9.93. The summed E-state index contributed by atoms with van der Waals surface area (Å²) in [7, 11) is 0. The second-order valence-corrected chi connectivity index (χ2v) is 4.72. The predicted molar refractivity (Wildman–Crippen MR) is 78.5 cm³/mol. The second-order valence-electron chi connectivity index (χ2n) is 4.72. The van der Waals surface area contributed by atoms with E-state index < -0.39 is 0 Å². The van der Waals surface area contributed by atoms with Crippen LogP contribution in [0.2, 0.25) is 0 Å². The van der Waals surface area contributed by atoms with Gasteiger partial charge in [-0.15, -0.1) is 0 Å². The van der Waals surface area contributed by atoms with E-state index in [9.17, 15) is 4.39 Å². The van der Waals surface area contributed by atoms with Crippen LogP contribution in [0, 0.1) is 12.7 Å². The number of aryl methyl sites for hydroxylation is 1. The van der Waals surface area contributed by atoms with E-state index in [1.807, 2.05) is 37.3 Å². The first kappa shape index (κ1) is 11.7. The number of fused-ring (bicyclic) bond motifs is 1. The van der Waals surface area contributed by atoms with Gasteiger partial charge < -0.3 is 5.73 Å². The normalized spacial score (nSPS) is 10.8. The number of hydrogen-bond donors (Lipinski definition) is 1. The molecular weight excluding hydrogens is 237 g/mol. The van der Waals surface area contributed by atoms with Crippen LogP contribution in [0.5, 0.6) is 0 Å². The number of anilines is 1. The van der Waals surface area contributed by atoms with E-state index >= 15 is 0 Å². The van der Waals surface area contributed by atoms with Gasteiger partial charge in [0.15, 0.2) is 0 Å². The van der Waals surface area contributed by atoms with Crippen molar-refractivity contribution in [1.82, 2.24) is 0 Å². The van der Waals surface area contributed by atoms with Gasteiger partial charge in [-0.05, 0) is 47.0 Å². The van der Waals surface area contributed by atoms with Crippen molar-refractivity contribution in [1.29, 1.82) is 0 Å². The van der Waals surface area contributed by atoms with Gasteiger partial charge in [0.2, 0.25) is 0 Å². The van der Waals surface area contributed by atoms with Crippen molar-refractivity contribution in [2.24, 2.45) is 0 Å². The molecule has 0 aliphatic rings. The Morgan fingerprint density at radius 3 is 2.58 bits per heavy atom. The summed E-state index contributed by atoms with van der Waals surface area (Å²) < 4.78 is 14.1. The highest BCUT2D eigenvalue weighted by molar-refractivity contribution is 5.98. The topological polar surface area (TPSA) is 26.0 Å². The molecule has 0 saturated heterocycles. The van der Waals surface area contributed by atoms with E-state index in [0.717, 1.165) is 21.9 Å². The van der Waals surface area contributed by atoms with Gasteiger partial charge in [0, 0.05) is 11.3 Å². The minimum atomic E-state index is -0.242. The lowest BCUT2D eigenvalue weighted by Crippen LogP contribution is -1.92. The fourth-order valence-corrected chi connectivity index (χ4v) is 2.47. The number of benzene rings is 3. The van der Waals surface area contributed by atoms with Crippen molar-refractivity contribution in [2.75, 3.05) is 5.73 Å². The molecule has 94 valence electrons. The fourth-order valence-electron chi connectivity index (χ4n) is 2.47. The molecule has 0 saturated carbocycles. The third-order valence-corrected chi connectivity index (χ3v) is 3.40. The Balaban J connectivity index is 2.41. The van der Waals surface area contributed by atoms with Crippen LogP contribution in [0.15, 0.2) is 54.6 Å². The molecule has 0 unspecified atom stereocenters. The number of halogens is 1. The van der Waals surface area contributed by atoms with E-state index in [0.29, 0.717) is 11.3 Å². The molecule has 3 aromatic carbocycles. The molecule has 0 heterocycles. The van der Waals surface area contributed by atoms with Crippen molar-refractivity contribution in [3.05, 3.63) is 66.0 Å². The zero-order valence-corrected chi connectivity index (χ0v) is 10.7. The van der Waals surface area contributed by atoms with E-state index in [4.69, 9.17) is 5.73 Å². The molecule has 0 amide bonds. The highest BCUT2D eigenvalue weighted by Gasteiger charge is 2.11. The molecule has 0 radical (unpaired) electrons. The number of hydrogen-bond acceptors (Lipinski definition) is 1. The number of nitrogens with two attached hydrogens (primary N) is 1. The molecule has 2 heteroatoms. The van der Waals surface area contributed by atoms with Crippen LogP contribution in [-0.2, 0) is 0 Å². The van der Waals surface area contributed by atoms with Gasteiger partial charge in [-0.1, -0.05) is 36.4 Å². The van der Waals surface area contributed by atoms with Gasteiger partial charge >= 0.3 is 0 Å². The van der Waals surface area contributed by atoms with Gasteiger partial charge in [0.05, 0.1) is 0 Å². The lowest BCUT2D eigenvalue weighted by molar-refractivity contribution is 0.631. The van der Waals surface area contributed by atoms with Crippen LogP contribution in [0.4, 0.5) is 10.1 Å². The minimum Gasteiger partial charge on any atom is -0.399 e. The average Bonchev–Trinajstić information content (AvgIpc) is 2.42. The maximum Gasteiger partial charge on any atom is 0.131 e. The molecular formula is C17H14FN. The Bertz CT molecular complexity index is 762. The van der Waals surface area contributed by atoms with E-state index in [1.165, 1.54) is 6.07 Å². The third-order valence-electron chi connectivity index (χ3n) is 3.40. The van der Waals surface area contributed by atoms with Crippen LogP contribution in [0.25, 0.3) is 21.9 Å². The summed E-state index contributed by atoms with van der Waals surface area (Å²) in [4.78, 5) is 0. The zero-order chi connectivity index (χ0) is 13.4. The van der Waals surface area contributed by atoms with Crippen LogP contribution in [-0.4, -0.2) is 0 Å². The highest BCUT2D eigenvalue weighted by Crippen LogP contribution is 2.34. The van der Waals surface area contributed by atoms with Crippen molar-refractivity contribution in [3.63, 3.8) is 0 Å². The molecule has 19 heavy (non-hydrogen) atoms. The summed E-state index contributed by atoms with van der Waals surface area (Å²) in [5.41, 5.74) is 8.89. The second kappa shape index (κ2) is 4.39. The summed E-state index contributed by atoms with van der Waals surface area (Å²) in [5, 5.41) is 2.15. The molecule has 3 aromatic rings. The molecule has 0 bridgehead atoms. The monoisotopic (exact) mass is 251 g/mol. The first-order chi connectivity index (χ1) is 9.16. The molecule has 0 atom stereocenters. The van der Waals surface area contributed by atoms with Crippen molar-refractivity contribution < 1.29 is 4.39 Å². The first-order valence-electron chi connectivity index (χ1n) is 6.20. The molecule has 0 aliphatic carbocycles. The summed E-state index contributed by atoms with van der Waals surface area (Å²) in [5.74, 6) is -0.242. The van der Waals surface area contributed by atoms with Crippen molar-refractivity contribution in [2.45, 2.75) is 6.92 Å². The maximum absolute atomic E-state index is 14.1. The first-order valence-corrected chi connectivity index (χ1v) is 6.20. The highest BCUT2D eigenvalue weighted by atomic mass is 19.1. The molecule has 1 nitrogen and oxygen atoms in total. The Morgan fingerprint density at radius 1 is 0.947 bits per heavy atom. The molecule has 0 fully saturated rings. The molecule has 0 aliphatic heterocycles. The molecule has 2 N–H and O–H groups in total. The Kier molecular flexibility index (Phi) is 2.71. The van der Waals surface area contributed by atoms with Gasteiger partial charge in [-0.25, -0.2) is 4.39 Å². The number of nitrogen functional groups attached to an aromatic ring is 1. The van der Waals surface area contributed by atoms with Crippen molar-refractivity contribution >= 4 is 16.5 Å². The van der Waals surface area contributed by atoms with Gasteiger partial charge in [0.1, 0.15) is 5.82 Å². The van der Waals surface area contributed by atoms with E-state index in [-0.39, 0.29) is 5.82 Å². The Hall–Kier alpha value is -2.35. The van der Waals surface area contributed by atoms with Gasteiger partial charge in [0.25, 0.3) is 0 Å². The fraction of sp³-hybridized carbons (Fsp3) is 0.0588. The smallest absolute Gasteiger partial charge is 0.131 e. The van der Waals surface area contributed by atoms with Crippen molar-refractivity contribution in [3.8, 4) is 11.1 Å². The molecule has 3 rings (SSSR count). The maximum atomic E-state index is 14.1. The minimum absolute atomic E-state index is 0.242. The van der Waals surface area contributed by atoms with Crippen LogP contribution < -0.4 is 5.73 Å². The predicted octanol–water partition coefficient (Wildman–Crippen LogP) is 4.54. The molecule has 0 aromatic heterocycles. The summed E-state index contributed by atoms with van der Waals surface area (Å²) in [6.07, 6.45) is 0. The molecule has 0 spiro atoms. The van der Waals surface area contributed by atoms with Gasteiger partial charge in [-0.2, -0.15) is 0 Å². The summed E-state index contributed by atoms with van der Waals surface area (Å²) in [6.45, 7) is 1.99.